The maximum absolute atomic E-state index is 10.7. The third kappa shape index (κ3) is 5.25. The van der Waals surface area contributed by atoms with Gasteiger partial charge in [-0.25, -0.2) is 0 Å². The molecule has 0 spiro atoms. The van der Waals surface area contributed by atoms with Crippen molar-refractivity contribution in [3.05, 3.63) is 29.3 Å². The Morgan fingerprint density at radius 1 is 1.27 bits per heavy atom. The summed E-state index contributed by atoms with van der Waals surface area (Å²) in [5.41, 5.74) is 2.11. The Kier molecular flexibility index (Phi) is 7.55. The Morgan fingerprint density at radius 3 is 2.69 bits per heavy atom. The van der Waals surface area contributed by atoms with E-state index in [1.54, 1.807) is 0 Å². The summed E-state index contributed by atoms with van der Waals surface area (Å²) in [7, 11) is 0. The van der Waals surface area contributed by atoms with Crippen molar-refractivity contribution < 1.29 is 10.2 Å². The predicted octanol–water partition coefficient (Wildman–Crippen LogP) is 4.77. The average Bonchev–Trinajstić information content (AvgIpc) is 2.60. The number of unbranched alkanes of at least 4 members (excludes halogenated alkanes) is 3. The van der Waals surface area contributed by atoms with Crippen molar-refractivity contribution in [1.29, 1.82) is 0 Å². The molecule has 0 radical (unpaired) electrons. The second kappa shape index (κ2) is 9.44. The van der Waals surface area contributed by atoms with Gasteiger partial charge in [0.25, 0.3) is 0 Å². The second-order valence-electron chi connectivity index (χ2n) is 8.34. The van der Waals surface area contributed by atoms with Crippen LogP contribution in [0.5, 0.6) is 5.75 Å². The quantitative estimate of drug-likeness (QED) is 0.520. The molecule has 0 bridgehead atoms. The number of phenolic OH excluding ortho intramolecular Hbond substituents is 1. The van der Waals surface area contributed by atoms with E-state index in [0.717, 1.165) is 24.9 Å². The number of terminal acetylenes is 1. The zero-order valence-electron chi connectivity index (χ0n) is 16.7. The Hall–Kier alpha value is -1.50. The van der Waals surface area contributed by atoms with Crippen LogP contribution in [-0.2, 0) is 5.41 Å². The molecule has 2 atom stereocenters. The van der Waals surface area contributed by atoms with E-state index in [2.05, 4.69) is 37.7 Å². The molecule has 0 amide bonds. The maximum Gasteiger partial charge on any atom is 0.120 e. The smallest absolute Gasteiger partial charge is 0.120 e. The summed E-state index contributed by atoms with van der Waals surface area (Å²) in [6.07, 6.45) is 12.7. The third-order valence-electron chi connectivity index (χ3n) is 5.81. The van der Waals surface area contributed by atoms with Gasteiger partial charge in [-0.3, -0.25) is 4.90 Å². The van der Waals surface area contributed by atoms with Gasteiger partial charge in [-0.2, -0.15) is 0 Å². The van der Waals surface area contributed by atoms with Crippen LogP contribution in [0, 0.1) is 12.3 Å². The van der Waals surface area contributed by atoms with Crippen LogP contribution >= 0.6 is 0 Å². The zero-order chi connectivity index (χ0) is 19.2. The monoisotopic (exact) mass is 357 g/mol. The highest BCUT2D eigenvalue weighted by atomic mass is 16.3. The van der Waals surface area contributed by atoms with E-state index in [4.69, 9.17) is 6.42 Å². The van der Waals surface area contributed by atoms with E-state index < -0.39 is 0 Å². The number of nitrogens with zero attached hydrogens (tertiary/aromatic N) is 1. The molecular formula is C23H35NO2. The lowest BCUT2D eigenvalue weighted by atomic mass is 9.79. The standard InChI is InChI=1S/C23H35NO2/c1-5-7-8-9-13-23(3,4)18-10-11-20(22(26)16-18)21-17-19(25)12-15-24(21)14-6-2/h2,10-11,16,19,21,25-26H,5,7-9,12-15,17H2,1,3-4H3/t19-,21+/m1/s1. The van der Waals surface area contributed by atoms with Crippen LogP contribution in [0.25, 0.3) is 0 Å². The van der Waals surface area contributed by atoms with E-state index in [1.165, 1.54) is 31.2 Å². The van der Waals surface area contributed by atoms with Gasteiger partial charge in [0.15, 0.2) is 0 Å². The molecule has 3 nitrogen and oxygen atoms in total. The highest BCUT2D eigenvalue weighted by Crippen LogP contribution is 2.39. The van der Waals surface area contributed by atoms with Crippen LogP contribution in [0.4, 0.5) is 0 Å². The summed E-state index contributed by atoms with van der Waals surface area (Å²) in [6.45, 7) is 8.04. The molecule has 1 aromatic rings. The molecule has 1 fully saturated rings. The molecule has 26 heavy (non-hydrogen) atoms. The van der Waals surface area contributed by atoms with Gasteiger partial charge in [0.05, 0.1) is 12.6 Å². The number of aromatic hydroxyl groups is 1. The van der Waals surface area contributed by atoms with Gasteiger partial charge in [-0.15, -0.1) is 6.42 Å². The summed E-state index contributed by atoms with van der Waals surface area (Å²) in [6, 6.07) is 6.08. The summed E-state index contributed by atoms with van der Waals surface area (Å²) in [5.74, 6) is 3.03. The molecule has 144 valence electrons. The van der Waals surface area contributed by atoms with Crippen molar-refractivity contribution in [2.45, 2.75) is 83.3 Å². The Labute approximate surface area is 159 Å². The number of piperidine rings is 1. The molecule has 0 unspecified atom stereocenters. The van der Waals surface area contributed by atoms with Gasteiger partial charge < -0.3 is 10.2 Å². The fraction of sp³-hybridized carbons (Fsp3) is 0.652. The van der Waals surface area contributed by atoms with Gasteiger partial charge >= 0.3 is 0 Å². The topological polar surface area (TPSA) is 43.7 Å². The minimum absolute atomic E-state index is 0.0171. The molecule has 1 aromatic carbocycles. The first-order chi connectivity index (χ1) is 12.4. The lowest BCUT2D eigenvalue weighted by Gasteiger charge is -2.37. The SMILES string of the molecule is C#CCN1CC[C@@H](O)C[C@H]1c1ccc(C(C)(C)CCCCCC)cc1O. The molecule has 0 aromatic heterocycles. The third-order valence-corrected chi connectivity index (χ3v) is 5.81. The molecule has 1 heterocycles. The van der Waals surface area contributed by atoms with Crippen molar-refractivity contribution in [2.75, 3.05) is 13.1 Å². The number of phenols is 1. The molecule has 2 rings (SSSR count). The van der Waals surface area contributed by atoms with Crippen LogP contribution in [-0.4, -0.2) is 34.3 Å². The largest absolute Gasteiger partial charge is 0.508 e. The normalized spacial score (nSPS) is 21.5. The number of hydrogen-bond donors (Lipinski definition) is 2. The van der Waals surface area contributed by atoms with Crippen LogP contribution in [0.1, 0.15) is 82.9 Å². The highest BCUT2D eigenvalue weighted by Gasteiger charge is 2.30. The Bertz CT molecular complexity index is 617. The minimum Gasteiger partial charge on any atom is -0.508 e. The van der Waals surface area contributed by atoms with Gasteiger partial charge in [0.1, 0.15) is 5.75 Å². The predicted molar refractivity (Wildman–Crippen MR) is 108 cm³/mol. The molecule has 0 saturated carbocycles. The molecule has 1 aliphatic rings. The number of rotatable bonds is 8. The molecule has 1 saturated heterocycles. The first kappa shape index (κ1) is 20.8. The van der Waals surface area contributed by atoms with Gasteiger partial charge in [0.2, 0.25) is 0 Å². The van der Waals surface area contributed by atoms with E-state index in [1.807, 2.05) is 12.1 Å². The number of likely N-dealkylation sites (tertiary alicyclic amines) is 1. The number of aliphatic hydroxyl groups is 1. The lowest BCUT2D eigenvalue weighted by molar-refractivity contribution is 0.0475. The molecular weight excluding hydrogens is 322 g/mol. The summed E-state index contributed by atoms with van der Waals surface area (Å²) in [5, 5.41) is 20.8. The fourth-order valence-corrected chi connectivity index (χ4v) is 4.01. The van der Waals surface area contributed by atoms with Crippen LogP contribution in [0.15, 0.2) is 18.2 Å². The van der Waals surface area contributed by atoms with E-state index in [-0.39, 0.29) is 17.6 Å². The summed E-state index contributed by atoms with van der Waals surface area (Å²) < 4.78 is 0. The Balaban J connectivity index is 2.16. The number of aliphatic hydroxyl groups excluding tert-OH is 1. The van der Waals surface area contributed by atoms with E-state index in [9.17, 15) is 10.2 Å². The lowest BCUT2D eigenvalue weighted by Crippen LogP contribution is -2.39. The van der Waals surface area contributed by atoms with Crippen LogP contribution < -0.4 is 0 Å². The van der Waals surface area contributed by atoms with Crippen LogP contribution in [0.3, 0.4) is 0 Å². The van der Waals surface area contributed by atoms with Crippen LogP contribution in [0.2, 0.25) is 0 Å². The number of benzene rings is 1. The van der Waals surface area contributed by atoms with Crippen molar-refractivity contribution in [2.24, 2.45) is 0 Å². The van der Waals surface area contributed by atoms with Gasteiger partial charge in [0, 0.05) is 18.2 Å². The molecule has 2 N–H and O–H groups in total. The molecule has 1 aliphatic heterocycles. The van der Waals surface area contributed by atoms with Crippen molar-refractivity contribution in [3.8, 4) is 18.1 Å². The maximum atomic E-state index is 10.7. The van der Waals surface area contributed by atoms with E-state index in [0.29, 0.717) is 18.7 Å². The molecule has 0 aliphatic carbocycles. The van der Waals surface area contributed by atoms with Gasteiger partial charge in [-0.05, 0) is 36.3 Å². The highest BCUT2D eigenvalue weighted by molar-refractivity contribution is 5.41. The fourth-order valence-electron chi connectivity index (χ4n) is 4.01. The minimum atomic E-state index is -0.330. The van der Waals surface area contributed by atoms with Crippen molar-refractivity contribution in [3.63, 3.8) is 0 Å². The first-order valence-electron chi connectivity index (χ1n) is 10.1. The van der Waals surface area contributed by atoms with Crippen molar-refractivity contribution >= 4 is 0 Å². The summed E-state index contributed by atoms with van der Waals surface area (Å²) >= 11 is 0. The first-order valence-corrected chi connectivity index (χ1v) is 10.1. The Morgan fingerprint density at radius 2 is 2.04 bits per heavy atom. The number of hydrogen-bond acceptors (Lipinski definition) is 3. The van der Waals surface area contributed by atoms with Crippen molar-refractivity contribution in [1.82, 2.24) is 4.90 Å². The van der Waals surface area contributed by atoms with Gasteiger partial charge in [-0.1, -0.05) is 64.5 Å². The second-order valence-corrected chi connectivity index (χ2v) is 8.34. The zero-order valence-corrected chi connectivity index (χ0v) is 16.7. The summed E-state index contributed by atoms with van der Waals surface area (Å²) in [4.78, 5) is 2.18. The average molecular weight is 358 g/mol. The molecule has 3 heteroatoms. The van der Waals surface area contributed by atoms with E-state index >= 15 is 0 Å².